The maximum atomic E-state index is 10.5. The lowest BCUT2D eigenvalue weighted by atomic mass is 10.00. The van der Waals surface area contributed by atoms with Crippen LogP contribution in [0.1, 0.15) is 6.92 Å². The molecule has 0 amide bonds. The second kappa shape index (κ2) is 3.62. The highest BCUT2D eigenvalue weighted by Crippen LogP contribution is 2.17. The Balaban J connectivity index is 2.39. The van der Waals surface area contributed by atoms with Crippen molar-refractivity contribution in [2.75, 3.05) is 25.4 Å². The molecule has 1 fully saturated rings. The predicted molar refractivity (Wildman–Crippen MR) is 42.9 cm³/mol. The third-order valence-corrected chi connectivity index (χ3v) is 2.50. The minimum absolute atomic E-state index is 0.216. The highest BCUT2D eigenvalue weighted by atomic mass is 32.2. The summed E-state index contributed by atoms with van der Waals surface area (Å²) in [5, 5.41) is 3.02. The van der Waals surface area contributed by atoms with Crippen LogP contribution in [0.25, 0.3) is 0 Å². The van der Waals surface area contributed by atoms with E-state index in [9.17, 15) is 4.21 Å². The van der Waals surface area contributed by atoms with E-state index in [-0.39, 0.29) is 11.4 Å². The molecule has 0 aliphatic carbocycles. The number of nitrogens with one attached hydrogen (secondary N) is 1. The Kier molecular flexibility index (Phi) is 3.00. The van der Waals surface area contributed by atoms with Crippen molar-refractivity contribution in [1.82, 2.24) is 5.32 Å². The van der Waals surface area contributed by atoms with Crippen molar-refractivity contribution in [2.24, 2.45) is 0 Å². The van der Waals surface area contributed by atoms with E-state index in [2.05, 4.69) is 5.32 Å². The van der Waals surface area contributed by atoms with E-state index in [0.717, 1.165) is 0 Å². The summed E-state index contributed by atoms with van der Waals surface area (Å²) in [7, 11) is 0. The molecular formula is C6H13NO3S. The molecule has 0 saturated carbocycles. The van der Waals surface area contributed by atoms with Crippen molar-refractivity contribution < 1.29 is 13.5 Å². The van der Waals surface area contributed by atoms with Gasteiger partial charge in [0.15, 0.2) is 11.1 Å². The first kappa shape index (κ1) is 9.12. The Morgan fingerprint density at radius 3 is 2.64 bits per heavy atom. The second-order valence-corrected chi connectivity index (χ2v) is 3.62. The van der Waals surface area contributed by atoms with Crippen LogP contribution in [0.4, 0.5) is 0 Å². The molecule has 1 atom stereocenters. The highest BCUT2D eigenvalue weighted by Gasteiger charge is 2.39. The van der Waals surface area contributed by atoms with E-state index in [1.54, 1.807) is 0 Å². The van der Waals surface area contributed by atoms with Gasteiger partial charge in [-0.15, -0.1) is 0 Å². The van der Waals surface area contributed by atoms with Crippen molar-refractivity contribution in [3.63, 3.8) is 0 Å². The van der Waals surface area contributed by atoms with Gasteiger partial charge in [-0.1, -0.05) is 0 Å². The summed E-state index contributed by atoms with van der Waals surface area (Å²) in [6.07, 6.45) is 0. The predicted octanol–water partition coefficient (Wildman–Crippen LogP) is -0.413. The normalized spacial score (nSPS) is 24.2. The minimum Gasteiger partial charge on any atom is -0.372 e. The molecule has 1 saturated heterocycles. The summed E-state index contributed by atoms with van der Waals surface area (Å²) in [6.45, 7) is 3.86. The van der Waals surface area contributed by atoms with E-state index in [0.29, 0.717) is 19.7 Å². The lowest BCUT2D eigenvalue weighted by Crippen LogP contribution is -2.63. The van der Waals surface area contributed by atoms with Crippen molar-refractivity contribution in [1.29, 1.82) is 0 Å². The van der Waals surface area contributed by atoms with Gasteiger partial charge in [0.2, 0.25) is 0 Å². The summed E-state index contributed by atoms with van der Waals surface area (Å²) in [5.41, 5.74) is -0.367. The molecule has 4 nitrogen and oxygen atoms in total. The molecule has 1 unspecified atom stereocenters. The molecule has 0 aromatic carbocycles. The molecular weight excluding hydrogens is 166 g/mol. The molecule has 0 aromatic heterocycles. The van der Waals surface area contributed by atoms with Crippen molar-refractivity contribution in [2.45, 2.75) is 12.5 Å². The van der Waals surface area contributed by atoms with Crippen LogP contribution in [0, 0.1) is 0 Å². The average Bonchev–Trinajstić information content (AvgIpc) is 1.82. The van der Waals surface area contributed by atoms with Crippen LogP contribution >= 0.6 is 0 Å². The molecule has 0 aromatic rings. The smallest absolute Gasteiger partial charge is 0.155 e. The van der Waals surface area contributed by atoms with Crippen LogP contribution in [-0.4, -0.2) is 39.8 Å². The molecule has 0 bridgehead atoms. The first-order valence-corrected chi connectivity index (χ1v) is 4.88. The summed E-state index contributed by atoms with van der Waals surface area (Å²) >= 11 is -1.75. The van der Waals surface area contributed by atoms with Crippen molar-refractivity contribution >= 4 is 11.1 Å². The SMILES string of the molecule is CCOC1(CS(=O)O)CNC1. The Labute approximate surface area is 68.6 Å². The summed E-state index contributed by atoms with van der Waals surface area (Å²) in [6, 6.07) is 0. The molecule has 11 heavy (non-hydrogen) atoms. The molecule has 1 aliphatic rings. The standard InChI is InChI=1S/C6H13NO3S/c1-2-10-6(3-7-4-6)5-11(8)9/h7H,2-5H2,1H3,(H,8,9). The summed E-state index contributed by atoms with van der Waals surface area (Å²) in [5.74, 6) is 0.216. The zero-order chi connectivity index (χ0) is 8.32. The first-order valence-electron chi connectivity index (χ1n) is 3.61. The molecule has 0 spiro atoms. The number of hydrogen-bond acceptors (Lipinski definition) is 3. The third-order valence-electron chi connectivity index (χ3n) is 1.73. The number of hydrogen-bond donors (Lipinski definition) is 2. The minimum atomic E-state index is -1.75. The van der Waals surface area contributed by atoms with Crippen molar-refractivity contribution in [3.8, 4) is 0 Å². The Hall–Kier alpha value is 0.0300. The zero-order valence-corrected chi connectivity index (χ0v) is 7.32. The molecule has 5 heteroatoms. The maximum absolute atomic E-state index is 10.5. The van der Waals surface area contributed by atoms with Gasteiger partial charge in [-0.05, 0) is 6.92 Å². The lowest BCUT2D eigenvalue weighted by Gasteiger charge is -2.41. The van der Waals surface area contributed by atoms with Crippen LogP contribution < -0.4 is 5.32 Å². The zero-order valence-electron chi connectivity index (χ0n) is 6.50. The van der Waals surface area contributed by atoms with Gasteiger partial charge in [0.05, 0.1) is 5.75 Å². The van der Waals surface area contributed by atoms with Crippen LogP contribution in [0.2, 0.25) is 0 Å². The van der Waals surface area contributed by atoms with Crippen LogP contribution in [0.3, 0.4) is 0 Å². The van der Waals surface area contributed by atoms with E-state index < -0.39 is 11.1 Å². The topological polar surface area (TPSA) is 58.6 Å². The van der Waals surface area contributed by atoms with Gasteiger partial charge in [-0.25, -0.2) is 4.21 Å². The molecule has 2 N–H and O–H groups in total. The molecule has 1 heterocycles. The number of ether oxygens (including phenoxy) is 1. The fourth-order valence-electron chi connectivity index (χ4n) is 1.18. The van der Waals surface area contributed by atoms with Crippen LogP contribution in [-0.2, 0) is 15.8 Å². The quantitative estimate of drug-likeness (QED) is 0.576. The van der Waals surface area contributed by atoms with Gasteiger partial charge in [-0.3, -0.25) is 0 Å². The largest absolute Gasteiger partial charge is 0.372 e. The van der Waals surface area contributed by atoms with E-state index in [1.165, 1.54) is 0 Å². The van der Waals surface area contributed by atoms with Gasteiger partial charge >= 0.3 is 0 Å². The van der Waals surface area contributed by atoms with E-state index >= 15 is 0 Å². The Morgan fingerprint density at radius 2 is 2.36 bits per heavy atom. The van der Waals surface area contributed by atoms with E-state index in [4.69, 9.17) is 9.29 Å². The highest BCUT2D eigenvalue weighted by molar-refractivity contribution is 7.79. The van der Waals surface area contributed by atoms with Crippen molar-refractivity contribution in [3.05, 3.63) is 0 Å². The van der Waals surface area contributed by atoms with Gasteiger partial charge in [-0.2, -0.15) is 0 Å². The molecule has 1 rings (SSSR count). The van der Waals surface area contributed by atoms with Gasteiger partial charge in [0.25, 0.3) is 0 Å². The van der Waals surface area contributed by atoms with Gasteiger partial charge in [0.1, 0.15) is 5.60 Å². The average molecular weight is 179 g/mol. The molecule has 1 aliphatic heterocycles. The van der Waals surface area contributed by atoms with Crippen LogP contribution in [0.5, 0.6) is 0 Å². The van der Waals surface area contributed by atoms with E-state index in [1.807, 2.05) is 6.92 Å². The molecule has 0 radical (unpaired) electrons. The second-order valence-electron chi connectivity index (χ2n) is 2.69. The Morgan fingerprint density at radius 1 is 1.73 bits per heavy atom. The fraction of sp³-hybridized carbons (Fsp3) is 1.00. The lowest BCUT2D eigenvalue weighted by molar-refractivity contribution is -0.0580. The number of rotatable bonds is 4. The first-order chi connectivity index (χ1) is 5.18. The molecule has 66 valence electrons. The monoisotopic (exact) mass is 179 g/mol. The summed E-state index contributed by atoms with van der Waals surface area (Å²) in [4.78, 5) is 0. The Bertz CT molecular complexity index is 158. The maximum Gasteiger partial charge on any atom is 0.155 e. The van der Waals surface area contributed by atoms with Gasteiger partial charge < -0.3 is 14.6 Å². The summed E-state index contributed by atoms with van der Waals surface area (Å²) < 4.78 is 24.5. The van der Waals surface area contributed by atoms with Crippen LogP contribution in [0.15, 0.2) is 0 Å². The fourth-order valence-corrected chi connectivity index (χ4v) is 1.92. The third kappa shape index (κ3) is 2.23. The van der Waals surface area contributed by atoms with Gasteiger partial charge in [0, 0.05) is 19.7 Å².